The molecular formula is C21H23N3O2S. The third kappa shape index (κ3) is 4.92. The predicted molar refractivity (Wildman–Crippen MR) is 110 cm³/mol. The van der Waals surface area contributed by atoms with Gasteiger partial charge in [-0.1, -0.05) is 39.0 Å². The number of hydrogen-bond donors (Lipinski definition) is 2. The number of aromatic hydroxyl groups is 1. The summed E-state index contributed by atoms with van der Waals surface area (Å²) in [7, 11) is 0. The number of phenols is 1. The fourth-order valence-corrected chi connectivity index (χ4v) is 3.17. The minimum atomic E-state index is -0.125. The second kappa shape index (κ2) is 7.88. The van der Waals surface area contributed by atoms with Gasteiger partial charge in [0.05, 0.1) is 17.1 Å². The maximum Gasteiger partial charge on any atom is 0.235 e. The van der Waals surface area contributed by atoms with Crippen LogP contribution in [0.25, 0.3) is 5.69 Å². The van der Waals surface area contributed by atoms with Gasteiger partial charge in [0.15, 0.2) is 0 Å². The molecule has 1 amide bonds. The number of nitrogens with one attached hydrogen (secondary N) is 1. The van der Waals surface area contributed by atoms with Crippen molar-refractivity contribution in [1.29, 1.82) is 0 Å². The van der Waals surface area contributed by atoms with Gasteiger partial charge in [-0.3, -0.25) is 4.79 Å². The molecule has 0 fully saturated rings. The van der Waals surface area contributed by atoms with Crippen LogP contribution >= 0.6 is 11.8 Å². The molecule has 1 heterocycles. The Morgan fingerprint density at radius 1 is 1.11 bits per heavy atom. The lowest BCUT2D eigenvalue weighted by Gasteiger charge is -2.14. The Kier molecular flexibility index (Phi) is 5.56. The van der Waals surface area contributed by atoms with E-state index in [2.05, 4.69) is 26.1 Å². The molecule has 0 unspecified atom stereocenters. The smallest absolute Gasteiger partial charge is 0.235 e. The number of rotatable bonds is 5. The van der Waals surface area contributed by atoms with Crippen LogP contribution in [-0.2, 0) is 10.2 Å². The standard InChI is InChI=1S/C21H23N3O2S/c1-21(2,3)18-13-19(24(23-18)15-7-5-4-6-8-15)22-20(26)14-27-17-11-9-16(25)10-12-17/h4-13,25H,14H2,1-3H3,(H,22,26). The number of nitrogens with zero attached hydrogens (tertiary/aromatic N) is 2. The fraction of sp³-hybridized carbons (Fsp3) is 0.238. The molecule has 1 aromatic heterocycles. The number of phenolic OH excluding ortho intramolecular Hbond substituents is 1. The van der Waals surface area contributed by atoms with Gasteiger partial charge in [0.25, 0.3) is 0 Å². The van der Waals surface area contributed by atoms with E-state index in [4.69, 9.17) is 5.10 Å². The SMILES string of the molecule is CC(C)(C)c1cc(NC(=O)CSc2ccc(O)cc2)n(-c2ccccc2)n1. The number of amides is 1. The molecule has 0 radical (unpaired) electrons. The first-order valence-electron chi connectivity index (χ1n) is 8.70. The molecule has 0 saturated carbocycles. The van der Waals surface area contributed by atoms with Crippen LogP contribution in [0.4, 0.5) is 5.82 Å². The van der Waals surface area contributed by atoms with Gasteiger partial charge in [0.2, 0.25) is 5.91 Å². The van der Waals surface area contributed by atoms with Crippen LogP contribution in [0.5, 0.6) is 5.75 Å². The van der Waals surface area contributed by atoms with E-state index in [1.54, 1.807) is 28.9 Å². The first-order chi connectivity index (χ1) is 12.8. The number of aromatic nitrogens is 2. The third-order valence-electron chi connectivity index (χ3n) is 3.95. The quantitative estimate of drug-likeness (QED) is 0.634. The van der Waals surface area contributed by atoms with Gasteiger partial charge in [-0.05, 0) is 36.4 Å². The van der Waals surface area contributed by atoms with Crippen molar-refractivity contribution in [3.8, 4) is 11.4 Å². The zero-order chi connectivity index (χ0) is 19.4. The Hall–Kier alpha value is -2.73. The summed E-state index contributed by atoms with van der Waals surface area (Å²) < 4.78 is 1.77. The molecule has 140 valence electrons. The van der Waals surface area contributed by atoms with Crippen LogP contribution < -0.4 is 5.32 Å². The summed E-state index contributed by atoms with van der Waals surface area (Å²) >= 11 is 1.42. The number of thioether (sulfide) groups is 1. The molecule has 0 aliphatic heterocycles. The van der Waals surface area contributed by atoms with Crippen molar-refractivity contribution in [2.45, 2.75) is 31.1 Å². The van der Waals surface area contributed by atoms with Gasteiger partial charge in [-0.15, -0.1) is 11.8 Å². The Morgan fingerprint density at radius 2 is 1.78 bits per heavy atom. The molecule has 0 spiro atoms. The maximum atomic E-state index is 12.5. The highest BCUT2D eigenvalue weighted by molar-refractivity contribution is 8.00. The minimum absolute atomic E-state index is 0.106. The Balaban J connectivity index is 1.77. The van der Waals surface area contributed by atoms with Crippen molar-refractivity contribution in [2.75, 3.05) is 11.1 Å². The van der Waals surface area contributed by atoms with Gasteiger partial charge >= 0.3 is 0 Å². The lowest BCUT2D eigenvalue weighted by Crippen LogP contribution is -2.16. The van der Waals surface area contributed by atoms with Crippen LogP contribution in [0.1, 0.15) is 26.5 Å². The molecular weight excluding hydrogens is 358 g/mol. The van der Waals surface area contributed by atoms with Crippen LogP contribution in [0.15, 0.2) is 65.6 Å². The monoisotopic (exact) mass is 381 g/mol. The van der Waals surface area contributed by atoms with E-state index in [1.165, 1.54) is 11.8 Å². The molecule has 0 saturated heterocycles. The molecule has 2 N–H and O–H groups in total. The summed E-state index contributed by atoms with van der Waals surface area (Å²) in [6.45, 7) is 6.28. The van der Waals surface area contributed by atoms with Gasteiger partial charge in [-0.2, -0.15) is 5.10 Å². The number of para-hydroxylation sites is 1. The van der Waals surface area contributed by atoms with E-state index < -0.39 is 0 Å². The Labute approximate surface area is 163 Å². The topological polar surface area (TPSA) is 67.2 Å². The highest BCUT2D eigenvalue weighted by Gasteiger charge is 2.21. The summed E-state index contributed by atoms with van der Waals surface area (Å²) in [4.78, 5) is 13.4. The Bertz CT molecular complexity index is 913. The molecule has 5 nitrogen and oxygen atoms in total. The van der Waals surface area contributed by atoms with Crippen molar-refractivity contribution in [3.05, 3.63) is 66.4 Å². The van der Waals surface area contributed by atoms with Crippen molar-refractivity contribution in [1.82, 2.24) is 9.78 Å². The minimum Gasteiger partial charge on any atom is -0.508 e. The van der Waals surface area contributed by atoms with Crippen LogP contribution in [0.2, 0.25) is 0 Å². The third-order valence-corrected chi connectivity index (χ3v) is 4.96. The zero-order valence-corrected chi connectivity index (χ0v) is 16.5. The van der Waals surface area contributed by atoms with E-state index in [0.29, 0.717) is 5.82 Å². The van der Waals surface area contributed by atoms with Crippen LogP contribution in [0, 0.1) is 0 Å². The molecule has 0 aliphatic carbocycles. The molecule has 0 atom stereocenters. The summed E-state index contributed by atoms with van der Waals surface area (Å²) in [5.41, 5.74) is 1.68. The highest BCUT2D eigenvalue weighted by Crippen LogP contribution is 2.27. The van der Waals surface area contributed by atoms with Gasteiger partial charge in [-0.25, -0.2) is 4.68 Å². The molecule has 3 aromatic rings. The van der Waals surface area contributed by atoms with E-state index in [9.17, 15) is 9.90 Å². The lowest BCUT2D eigenvalue weighted by molar-refractivity contribution is -0.113. The van der Waals surface area contributed by atoms with Gasteiger partial charge < -0.3 is 10.4 Å². The van der Waals surface area contributed by atoms with E-state index in [0.717, 1.165) is 16.3 Å². The molecule has 27 heavy (non-hydrogen) atoms. The largest absolute Gasteiger partial charge is 0.508 e. The molecule has 2 aromatic carbocycles. The van der Waals surface area contributed by atoms with Crippen molar-refractivity contribution < 1.29 is 9.90 Å². The lowest BCUT2D eigenvalue weighted by atomic mass is 9.92. The normalized spacial score (nSPS) is 11.4. The summed E-state index contributed by atoms with van der Waals surface area (Å²) in [5.74, 6) is 1.04. The van der Waals surface area contributed by atoms with E-state index >= 15 is 0 Å². The predicted octanol–water partition coefficient (Wildman–Crippen LogP) is 4.61. The summed E-state index contributed by atoms with van der Waals surface area (Å²) in [5, 5.41) is 17.0. The summed E-state index contributed by atoms with van der Waals surface area (Å²) in [6, 6.07) is 18.5. The van der Waals surface area contributed by atoms with Crippen LogP contribution in [-0.4, -0.2) is 26.5 Å². The van der Waals surface area contributed by atoms with Gasteiger partial charge in [0, 0.05) is 16.4 Å². The van der Waals surface area contributed by atoms with Crippen molar-refractivity contribution >= 4 is 23.5 Å². The van der Waals surface area contributed by atoms with E-state index in [-0.39, 0.29) is 22.8 Å². The highest BCUT2D eigenvalue weighted by atomic mass is 32.2. The number of anilines is 1. The molecule has 6 heteroatoms. The second-order valence-corrected chi connectivity index (χ2v) is 8.29. The first kappa shape index (κ1) is 19.0. The zero-order valence-electron chi connectivity index (χ0n) is 15.6. The average Bonchev–Trinajstić information content (AvgIpc) is 3.06. The van der Waals surface area contributed by atoms with Crippen molar-refractivity contribution in [3.63, 3.8) is 0 Å². The first-order valence-corrected chi connectivity index (χ1v) is 9.69. The van der Waals surface area contributed by atoms with Crippen molar-refractivity contribution in [2.24, 2.45) is 0 Å². The summed E-state index contributed by atoms with van der Waals surface area (Å²) in [6.07, 6.45) is 0. The number of carbonyl (C=O) groups is 1. The van der Waals surface area contributed by atoms with Gasteiger partial charge in [0.1, 0.15) is 11.6 Å². The fourth-order valence-electron chi connectivity index (χ4n) is 2.47. The number of carbonyl (C=O) groups excluding carboxylic acids is 1. The Morgan fingerprint density at radius 3 is 2.41 bits per heavy atom. The number of hydrogen-bond acceptors (Lipinski definition) is 4. The molecule has 0 bridgehead atoms. The second-order valence-electron chi connectivity index (χ2n) is 7.24. The average molecular weight is 382 g/mol. The molecule has 0 aliphatic rings. The van der Waals surface area contributed by atoms with E-state index in [1.807, 2.05) is 36.4 Å². The van der Waals surface area contributed by atoms with Crippen LogP contribution in [0.3, 0.4) is 0 Å². The number of benzene rings is 2. The molecule has 3 rings (SSSR count). The maximum absolute atomic E-state index is 12.5.